The maximum Gasteiger partial charge on any atom is 0.224 e. The molecule has 0 saturated carbocycles. The predicted molar refractivity (Wildman–Crippen MR) is 68.3 cm³/mol. The second-order valence-electron chi connectivity index (χ2n) is 4.25. The van der Waals surface area contributed by atoms with Gasteiger partial charge in [0.1, 0.15) is 17.5 Å². The van der Waals surface area contributed by atoms with Gasteiger partial charge in [-0.2, -0.15) is 0 Å². The van der Waals surface area contributed by atoms with Gasteiger partial charge < -0.3 is 5.32 Å². The standard InChI is InChI=1S/C15H12F3NO/c16-12-5-2-1-4-10(12)8-15(20)19-9-11-13(17)6-3-7-14(11)18/h1-7H,8-9H2,(H,19,20). The van der Waals surface area contributed by atoms with Crippen molar-refractivity contribution in [3.05, 3.63) is 71.0 Å². The quantitative estimate of drug-likeness (QED) is 0.916. The first-order valence-electron chi connectivity index (χ1n) is 6.01. The monoisotopic (exact) mass is 279 g/mol. The molecule has 1 N–H and O–H groups in total. The van der Waals surface area contributed by atoms with Crippen molar-refractivity contribution < 1.29 is 18.0 Å². The summed E-state index contributed by atoms with van der Waals surface area (Å²) >= 11 is 0. The molecule has 0 heterocycles. The van der Waals surface area contributed by atoms with Crippen LogP contribution >= 0.6 is 0 Å². The third-order valence-corrected chi connectivity index (χ3v) is 2.83. The maximum atomic E-state index is 13.3. The molecule has 5 heteroatoms. The van der Waals surface area contributed by atoms with E-state index in [1.54, 1.807) is 6.07 Å². The Kier molecular flexibility index (Phi) is 4.40. The molecule has 2 nitrogen and oxygen atoms in total. The zero-order valence-corrected chi connectivity index (χ0v) is 10.5. The van der Waals surface area contributed by atoms with Crippen LogP contribution in [0.2, 0.25) is 0 Å². The van der Waals surface area contributed by atoms with Gasteiger partial charge in [0, 0.05) is 12.1 Å². The van der Waals surface area contributed by atoms with Crippen LogP contribution in [0.25, 0.3) is 0 Å². The molecule has 0 aliphatic heterocycles. The number of hydrogen-bond acceptors (Lipinski definition) is 1. The van der Waals surface area contributed by atoms with E-state index in [2.05, 4.69) is 5.32 Å². The number of amides is 1. The fraction of sp³-hybridized carbons (Fsp3) is 0.133. The first-order valence-corrected chi connectivity index (χ1v) is 6.01. The minimum Gasteiger partial charge on any atom is -0.352 e. The first kappa shape index (κ1) is 14.1. The van der Waals surface area contributed by atoms with Gasteiger partial charge in [0.2, 0.25) is 5.91 Å². The maximum absolute atomic E-state index is 13.3. The van der Waals surface area contributed by atoms with Crippen LogP contribution in [-0.4, -0.2) is 5.91 Å². The Balaban J connectivity index is 1.98. The lowest BCUT2D eigenvalue weighted by atomic mass is 10.1. The van der Waals surface area contributed by atoms with Gasteiger partial charge in [-0.05, 0) is 23.8 Å². The van der Waals surface area contributed by atoms with Crippen molar-refractivity contribution in [3.63, 3.8) is 0 Å². The Bertz CT molecular complexity index is 608. The third-order valence-electron chi connectivity index (χ3n) is 2.83. The fourth-order valence-corrected chi connectivity index (χ4v) is 1.77. The molecule has 0 saturated heterocycles. The minimum absolute atomic E-state index is 0.178. The zero-order valence-electron chi connectivity index (χ0n) is 10.5. The summed E-state index contributed by atoms with van der Waals surface area (Å²) in [5.41, 5.74) is 0.0217. The number of rotatable bonds is 4. The van der Waals surface area contributed by atoms with Crippen LogP contribution in [0.3, 0.4) is 0 Å². The fourth-order valence-electron chi connectivity index (χ4n) is 1.77. The van der Waals surface area contributed by atoms with Crippen molar-refractivity contribution in [2.75, 3.05) is 0 Å². The van der Waals surface area contributed by atoms with Crippen LogP contribution in [0.1, 0.15) is 11.1 Å². The zero-order chi connectivity index (χ0) is 14.5. The second-order valence-corrected chi connectivity index (χ2v) is 4.25. The molecule has 0 atom stereocenters. The molecular weight excluding hydrogens is 267 g/mol. The highest BCUT2D eigenvalue weighted by molar-refractivity contribution is 5.78. The van der Waals surface area contributed by atoms with Crippen molar-refractivity contribution in [2.24, 2.45) is 0 Å². The first-order chi connectivity index (χ1) is 9.58. The summed E-state index contributed by atoms with van der Waals surface area (Å²) in [6, 6.07) is 9.34. The summed E-state index contributed by atoms with van der Waals surface area (Å²) in [6.07, 6.45) is -0.178. The molecule has 0 fully saturated rings. The average molecular weight is 279 g/mol. The lowest BCUT2D eigenvalue weighted by Crippen LogP contribution is -2.25. The van der Waals surface area contributed by atoms with Crippen molar-refractivity contribution in [3.8, 4) is 0 Å². The number of carbonyl (C=O) groups is 1. The van der Waals surface area contributed by atoms with Crippen LogP contribution < -0.4 is 5.32 Å². The average Bonchev–Trinajstić information content (AvgIpc) is 2.41. The molecule has 0 aliphatic carbocycles. The summed E-state index contributed by atoms with van der Waals surface area (Å²) < 4.78 is 40.0. The predicted octanol–water partition coefficient (Wildman–Crippen LogP) is 2.96. The molecule has 0 aliphatic rings. The van der Waals surface area contributed by atoms with Gasteiger partial charge in [-0.25, -0.2) is 13.2 Å². The Morgan fingerprint density at radius 3 is 2.15 bits per heavy atom. The van der Waals surface area contributed by atoms with E-state index < -0.39 is 23.4 Å². The molecule has 0 radical (unpaired) electrons. The molecule has 0 aromatic heterocycles. The second kappa shape index (κ2) is 6.23. The summed E-state index contributed by atoms with van der Waals surface area (Å²) in [5.74, 6) is -2.44. The highest BCUT2D eigenvalue weighted by Gasteiger charge is 2.11. The molecule has 0 spiro atoms. The molecule has 0 unspecified atom stereocenters. The van der Waals surface area contributed by atoms with Gasteiger partial charge in [-0.1, -0.05) is 24.3 Å². The molecule has 2 aromatic carbocycles. The molecule has 2 rings (SSSR count). The van der Waals surface area contributed by atoms with Crippen molar-refractivity contribution in [1.29, 1.82) is 0 Å². The van der Waals surface area contributed by atoms with Gasteiger partial charge in [-0.3, -0.25) is 4.79 Å². The van der Waals surface area contributed by atoms with Gasteiger partial charge >= 0.3 is 0 Å². The van der Waals surface area contributed by atoms with Crippen LogP contribution in [0.15, 0.2) is 42.5 Å². The summed E-state index contributed by atoms with van der Waals surface area (Å²) in [6.45, 7) is -0.272. The number of carbonyl (C=O) groups excluding carboxylic acids is 1. The molecular formula is C15H12F3NO. The van der Waals surface area contributed by atoms with Gasteiger partial charge in [0.05, 0.1) is 6.42 Å². The van der Waals surface area contributed by atoms with Crippen LogP contribution in [-0.2, 0) is 17.8 Å². The summed E-state index contributed by atoms with van der Waals surface area (Å²) in [4.78, 5) is 11.6. The molecule has 104 valence electrons. The van der Waals surface area contributed by atoms with E-state index in [1.807, 2.05) is 0 Å². The van der Waals surface area contributed by atoms with Gasteiger partial charge in [0.15, 0.2) is 0 Å². The van der Waals surface area contributed by atoms with Crippen LogP contribution in [0.5, 0.6) is 0 Å². The Morgan fingerprint density at radius 2 is 1.50 bits per heavy atom. The normalized spacial score (nSPS) is 10.3. The van der Waals surface area contributed by atoms with Crippen LogP contribution in [0.4, 0.5) is 13.2 Å². The highest BCUT2D eigenvalue weighted by atomic mass is 19.1. The molecule has 0 bridgehead atoms. The summed E-state index contributed by atoms with van der Waals surface area (Å²) in [5, 5.41) is 2.37. The lowest BCUT2D eigenvalue weighted by Gasteiger charge is -2.08. The van der Waals surface area contributed by atoms with Crippen LogP contribution in [0, 0.1) is 17.5 Å². The summed E-state index contributed by atoms with van der Waals surface area (Å²) in [7, 11) is 0. The van der Waals surface area contributed by atoms with E-state index in [0.717, 1.165) is 12.1 Å². The minimum atomic E-state index is -0.726. The van der Waals surface area contributed by atoms with E-state index >= 15 is 0 Å². The lowest BCUT2D eigenvalue weighted by molar-refractivity contribution is -0.120. The molecule has 1 amide bonds. The van der Waals surface area contributed by atoms with E-state index in [4.69, 9.17) is 0 Å². The topological polar surface area (TPSA) is 29.1 Å². The van der Waals surface area contributed by atoms with E-state index in [9.17, 15) is 18.0 Å². The number of hydrogen-bond donors (Lipinski definition) is 1. The van der Waals surface area contributed by atoms with Crippen molar-refractivity contribution >= 4 is 5.91 Å². The van der Waals surface area contributed by atoms with E-state index in [1.165, 1.54) is 24.3 Å². The number of benzene rings is 2. The van der Waals surface area contributed by atoms with Crippen molar-refractivity contribution in [1.82, 2.24) is 5.32 Å². The Labute approximate surface area is 114 Å². The number of halogens is 3. The smallest absolute Gasteiger partial charge is 0.224 e. The third kappa shape index (κ3) is 3.38. The highest BCUT2D eigenvalue weighted by Crippen LogP contribution is 2.12. The Hall–Kier alpha value is -2.30. The SMILES string of the molecule is O=C(Cc1ccccc1F)NCc1c(F)cccc1F. The number of nitrogens with one attached hydrogen (secondary N) is 1. The molecule has 2 aromatic rings. The van der Waals surface area contributed by atoms with E-state index in [0.29, 0.717) is 0 Å². The Morgan fingerprint density at radius 1 is 0.900 bits per heavy atom. The van der Waals surface area contributed by atoms with E-state index in [-0.39, 0.29) is 24.1 Å². The molecule has 20 heavy (non-hydrogen) atoms. The van der Waals surface area contributed by atoms with Gasteiger partial charge in [-0.15, -0.1) is 0 Å². The van der Waals surface area contributed by atoms with Crippen molar-refractivity contribution in [2.45, 2.75) is 13.0 Å². The van der Waals surface area contributed by atoms with Gasteiger partial charge in [0.25, 0.3) is 0 Å². The largest absolute Gasteiger partial charge is 0.352 e.